The summed E-state index contributed by atoms with van der Waals surface area (Å²) in [5.41, 5.74) is 3.54. The van der Waals surface area contributed by atoms with E-state index in [9.17, 15) is 13.2 Å². The Labute approximate surface area is 148 Å². The second kappa shape index (κ2) is 5.88. The van der Waals surface area contributed by atoms with Crippen molar-refractivity contribution >= 4 is 28.6 Å². The Balaban J connectivity index is 1.65. The molecule has 0 saturated heterocycles. The normalized spacial score (nSPS) is 18.5. The number of fused-ring (bicyclic) bond motifs is 3. The van der Waals surface area contributed by atoms with E-state index >= 15 is 0 Å². The minimum atomic E-state index is -4.34. The number of halogens is 4. The fourth-order valence-electron chi connectivity index (χ4n) is 3.31. The largest absolute Gasteiger partial charge is 0.416 e. The maximum Gasteiger partial charge on any atom is 0.416 e. The fourth-order valence-corrected chi connectivity index (χ4v) is 3.58. The van der Waals surface area contributed by atoms with Crippen molar-refractivity contribution in [3.63, 3.8) is 0 Å². The molecular formula is C20H13ClF3N. The lowest BCUT2D eigenvalue weighted by Crippen LogP contribution is -2.17. The van der Waals surface area contributed by atoms with E-state index in [1.54, 1.807) is 6.07 Å². The monoisotopic (exact) mass is 359 g/mol. The smallest absolute Gasteiger partial charge is 0.251 e. The SMILES string of the molecule is FC(F)(F)c1cccc(CC2C=CC=C3C2=Nc2cccc(Cl)c23)c1. The highest BCUT2D eigenvalue weighted by Crippen LogP contribution is 2.43. The van der Waals surface area contributed by atoms with Crippen LogP contribution in [0.3, 0.4) is 0 Å². The first-order valence-corrected chi connectivity index (χ1v) is 8.24. The molecule has 0 radical (unpaired) electrons. The molecule has 1 aliphatic carbocycles. The van der Waals surface area contributed by atoms with Crippen LogP contribution in [0.5, 0.6) is 0 Å². The number of allylic oxidation sites excluding steroid dienone is 4. The molecule has 5 heteroatoms. The minimum Gasteiger partial charge on any atom is -0.251 e. The van der Waals surface area contributed by atoms with Crippen molar-refractivity contribution in [2.75, 3.05) is 0 Å². The van der Waals surface area contributed by atoms with Gasteiger partial charge in [-0.1, -0.05) is 54.1 Å². The molecule has 1 heterocycles. The van der Waals surface area contributed by atoms with Crippen molar-refractivity contribution in [3.8, 4) is 0 Å². The van der Waals surface area contributed by atoms with Gasteiger partial charge in [-0.2, -0.15) is 13.2 Å². The van der Waals surface area contributed by atoms with Gasteiger partial charge in [0.1, 0.15) is 0 Å². The second-order valence-electron chi connectivity index (χ2n) is 6.11. The quantitative estimate of drug-likeness (QED) is 0.600. The molecule has 0 amide bonds. The fraction of sp³-hybridized carbons (Fsp3) is 0.150. The molecule has 1 unspecified atom stereocenters. The van der Waals surface area contributed by atoms with E-state index < -0.39 is 11.7 Å². The Bertz CT molecular complexity index is 938. The third kappa shape index (κ3) is 2.91. The highest BCUT2D eigenvalue weighted by atomic mass is 35.5. The van der Waals surface area contributed by atoms with Crippen LogP contribution < -0.4 is 0 Å². The van der Waals surface area contributed by atoms with Gasteiger partial charge in [0, 0.05) is 17.1 Å². The van der Waals surface area contributed by atoms with E-state index in [2.05, 4.69) is 4.99 Å². The highest BCUT2D eigenvalue weighted by Gasteiger charge is 2.32. The van der Waals surface area contributed by atoms with E-state index in [1.165, 1.54) is 12.1 Å². The lowest BCUT2D eigenvalue weighted by molar-refractivity contribution is -0.137. The van der Waals surface area contributed by atoms with Crippen molar-refractivity contribution < 1.29 is 13.2 Å². The molecule has 25 heavy (non-hydrogen) atoms. The second-order valence-corrected chi connectivity index (χ2v) is 6.51. The lowest BCUT2D eigenvalue weighted by atomic mass is 9.85. The molecule has 1 nitrogen and oxygen atoms in total. The van der Waals surface area contributed by atoms with Crippen molar-refractivity contribution in [3.05, 3.63) is 82.4 Å². The van der Waals surface area contributed by atoms with Crippen LogP contribution in [0.15, 0.2) is 65.7 Å². The van der Waals surface area contributed by atoms with Crippen LogP contribution in [0.25, 0.3) is 5.57 Å². The number of hydrogen-bond acceptors (Lipinski definition) is 1. The van der Waals surface area contributed by atoms with Crippen LogP contribution in [-0.2, 0) is 12.6 Å². The predicted octanol–water partition coefficient (Wildman–Crippen LogP) is 6.26. The lowest BCUT2D eigenvalue weighted by Gasteiger charge is -2.19. The molecule has 0 saturated carbocycles. The minimum absolute atomic E-state index is 0.0769. The molecule has 1 aliphatic heterocycles. The first kappa shape index (κ1) is 16.2. The Morgan fingerprint density at radius 3 is 2.68 bits per heavy atom. The highest BCUT2D eigenvalue weighted by molar-refractivity contribution is 6.39. The van der Waals surface area contributed by atoms with E-state index in [0.717, 1.165) is 28.6 Å². The Morgan fingerprint density at radius 2 is 1.88 bits per heavy atom. The summed E-state index contributed by atoms with van der Waals surface area (Å²) in [5.74, 6) is -0.0769. The Hall–Kier alpha value is -2.33. The van der Waals surface area contributed by atoms with Gasteiger partial charge in [0.05, 0.1) is 22.0 Å². The zero-order valence-corrected chi connectivity index (χ0v) is 13.8. The van der Waals surface area contributed by atoms with E-state index in [0.29, 0.717) is 17.0 Å². The summed E-state index contributed by atoms with van der Waals surface area (Å²) in [6.45, 7) is 0. The predicted molar refractivity (Wildman–Crippen MR) is 94.3 cm³/mol. The van der Waals surface area contributed by atoms with Gasteiger partial charge in [-0.25, -0.2) is 0 Å². The topological polar surface area (TPSA) is 12.4 Å². The third-order valence-corrected chi connectivity index (χ3v) is 4.76. The van der Waals surface area contributed by atoms with Gasteiger partial charge < -0.3 is 0 Å². The molecule has 2 aromatic carbocycles. The van der Waals surface area contributed by atoms with E-state index in [4.69, 9.17) is 11.6 Å². The Morgan fingerprint density at radius 1 is 1.08 bits per heavy atom. The first-order chi connectivity index (χ1) is 11.9. The summed E-state index contributed by atoms with van der Waals surface area (Å²) in [5, 5.41) is 0.635. The standard InChI is InChI=1S/C20H13ClF3N/c21-16-8-3-9-17-18(16)15-7-2-5-13(19(15)25-17)10-12-4-1-6-14(11-12)20(22,23)24/h1-9,11,13H,10H2. The summed E-state index contributed by atoms with van der Waals surface area (Å²) < 4.78 is 38.8. The van der Waals surface area contributed by atoms with Crippen LogP contribution in [0.1, 0.15) is 16.7 Å². The molecule has 4 rings (SSSR count). The maximum atomic E-state index is 12.9. The van der Waals surface area contributed by atoms with Crippen molar-refractivity contribution in [1.82, 2.24) is 0 Å². The van der Waals surface area contributed by atoms with Crippen molar-refractivity contribution in [2.24, 2.45) is 10.9 Å². The number of hydrogen-bond donors (Lipinski definition) is 0. The molecule has 1 atom stereocenters. The number of alkyl halides is 3. The summed E-state index contributed by atoms with van der Waals surface area (Å²) in [4.78, 5) is 4.67. The molecular weight excluding hydrogens is 347 g/mol. The Kier molecular flexibility index (Phi) is 3.80. The molecule has 2 aliphatic rings. The van der Waals surface area contributed by atoms with Gasteiger partial charge in [-0.15, -0.1) is 0 Å². The number of aliphatic imine (C=N–C) groups is 1. The number of nitrogens with zero attached hydrogens (tertiary/aromatic N) is 1. The van der Waals surface area contributed by atoms with E-state index in [1.807, 2.05) is 36.4 Å². The molecule has 2 aromatic rings. The maximum absolute atomic E-state index is 12.9. The van der Waals surface area contributed by atoms with Gasteiger partial charge in [-0.3, -0.25) is 4.99 Å². The molecule has 0 N–H and O–H groups in total. The molecule has 0 fully saturated rings. The van der Waals surface area contributed by atoms with Gasteiger partial charge in [0.25, 0.3) is 0 Å². The molecule has 126 valence electrons. The third-order valence-electron chi connectivity index (χ3n) is 4.45. The van der Waals surface area contributed by atoms with Crippen LogP contribution in [0.4, 0.5) is 18.9 Å². The molecule has 0 spiro atoms. The zero-order valence-electron chi connectivity index (χ0n) is 13.0. The molecule has 0 bridgehead atoms. The van der Waals surface area contributed by atoms with Gasteiger partial charge in [0.2, 0.25) is 0 Å². The summed E-state index contributed by atoms with van der Waals surface area (Å²) in [6.07, 6.45) is 1.98. The average Bonchev–Trinajstić information content (AvgIpc) is 2.95. The van der Waals surface area contributed by atoms with Crippen LogP contribution in [0.2, 0.25) is 5.02 Å². The summed E-state index contributed by atoms with van der Waals surface area (Å²) >= 11 is 6.31. The van der Waals surface area contributed by atoms with Gasteiger partial charge >= 0.3 is 6.18 Å². The summed E-state index contributed by atoms with van der Waals surface area (Å²) in [6, 6.07) is 11.0. The van der Waals surface area contributed by atoms with Crippen LogP contribution >= 0.6 is 11.6 Å². The van der Waals surface area contributed by atoms with Crippen LogP contribution in [0, 0.1) is 5.92 Å². The average molecular weight is 360 g/mol. The van der Waals surface area contributed by atoms with Crippen LogP contribution in [-0.4, -0.2) is 5.71 Å². The van der Waals surface area contributed by atoms with Gasteiger partial charge in [0.15, 0.2) is 0 Å². The van der Waals surface area contributed by atoms with Gasteiger partial charge in [-0.05, 0) is 30.2 Å². The number of benzene rings is 2. The summed E-state index contributed by atoms with van der Waals surface area (Å²) in [7, 11) is 0. The zero-order chi connectivity index (χ0) is 17.6. The first-order valence-electron chi connectivity index (χ1n) is 7.86. The molecule has 0 aromatic heterocycles. The van der Waals surface area contributed by atoms with E-state index in [-0.39, 0.29) is 5.92 Å². The number of rotatable bonds is 2. The van der Waals surface area contributed by atoms with Crippen molar-refractivity contribution in [2.45, 2.75) is 12.6 Å². The van der Waals surface area contributed by atoms with Crippen molar-refractivity contribution in [1.29, 1.82) is 0 Å².